The summed E-state index contributed by atoms with van der Waals surface area (Å²) in [4.78, 5) is 137. The van der Waals surface area contributed by atoms with Crippen LogP contribution in [0.3, 0.4) is 0 Å². The Hall–Kier alpha value is -11.2. The molecule has 0 aliphatic carbocycles. The lowest BCUT2D eigenvalue weighted by Gasteiger charge is -2.33. The number of likely N-dealkylation sites (N-methyl/N-ethyl adjacent to an activating group) is 1. The summed E-state index contributed by atoms with van der Waals surface area (Å²) in [6.07, 6.45) is -3.84. The number of nitrogens with zero attached hydrogens (tertiary/aromatic N) is 3. The van der Waals surface area contributed by atoms with E-state index >= 15 is 0 Å². The number of alkyl carbamates (subject to hydrolysis) is 2. The molecule has 7 N–H and O–H groups in total. The van der Waals surface area contributed by atoms with E-state index in [9.17, 15) is 48.3 Å². The van der Waals surface area contributed by atoms with E-state index < -0.39 is 84.0 Å². The molecule has 0 unspecified atom stereocenters. The summed E-state index contributed by atoms with van der Waals surface area (Å²) >= 11 is 0. The van der Waals surface area contributed by atoms with Gasteiger partial charge in [-0.15, -0.1) is 0 Å². The molecule has 1 aliphatic heterocycles. The van der Waals surface area contributed by atoms with Crippen LogP contribution in [0.1, 0.15) is 96.4 Å². The topological polar surface area (TPSA) is 311 Å². The first-order valence-corrected chi connectivity index (χ1v) is 33.6. The molecular weight excluding hydrogens is 1290 g/mol. The molecule has 7 aromatic rings. The second-order valence-electron chi connectivity index (χ2n) is 23.8. The molecule has 9 amide bonds. The van der Waals surface area contributed by atoms with E-state index in [2.05, 4.69) is 31.9 Å². The largest absolute Gasteiger partial charge is 0.489 e. The molecule has 25 heteroatoms. The van der Waals surface area contributed by atoms with Crippen LogP contribution in [0.2, 0.25) is 0 Å². The van der Waals surface area contributed by atoms with Crippen LogP contribution in [-0.4, -0.2) is 138 Å². The molecule has 532 valence electrons. The zero-order valence-corrected chi connectivity index (χ0v) is 56.4. The minimum absolute atomic E-state index is 0.0190. The average Bonchev–Trinajstić information content (AvgIpc) is 0.865. The maximum Gasteiger partial charge on any atom is 0.410 e. The van der Waals surface area contributed by atoms with Gasteiger partial charge in [0.1, 0.15) is 75.7 Å². The number of aliphatic hydroxyl groups excluding tert-OH is 1. The summed E-state index contributed by atoms with van der Waals surface area (Å²) in [5.41, 5.74) is 4.92. The van der Waals surface area contributed by atoms with Gasteiger partial charge in [-0.1, -0.05) is 194 Å². The van der Waals surface area contributed by atoms with Gasteiger partial charge in [0, 0.05) is 52.6 Å². The van der Waals surface area contributed by atoms with Gasteiger partial charge in [-0.2, -0.15) is 0 Å². The number of amides is 9. The summed E-state index contributed by atoms with van der Waals surface area (Å²) in [7, 11) is 1.37. The lowest BCUT2D eigenvalue weighted by atomic mass is 10.0. The van der Waals surface area contributed by atoms with Crippen molar-refractivity contribution >= 4 is 53.7 Å². The highest BCUT2D eigenvalue weighted by molar-refractivity contribution is 5.94. The Bertz CT molecular complexity index is 3720. The third-order valence-corrected chi connectivity index (χ3v) is 16.2. The fourth-order valence-electron chi connectivity index (χ4n) is 10.6. The normalized spacial score (nSPS) is 13.7. The molecule has 0 radical (unpaired) electrons. The first-order valence-electron chi connectivity index (χ1n) is 33.6. The third-order valence-electron chi connectivity index (χ3n) is 16.2. The van der Waals surface area contributed by atoms with Crippen LogP contribution in [0.25, 0.3) is 0 Å². The van der Waals surface area contributed by atoms with Crippen LogP contribution in [0.5, 0.6) is 5.75 Å². The molecule has 0 spiro atoms. The Balaban J connectivity index is 0.899. The summed E-state index contributed by atoms with van der Waals surface area (Å²) < 4.78 is 22.3. The molecule has 0 saturated carbocycles. The maximum atomic E-state index is 14.9. The lowest BCUT2D eigenvalue weighted by molar-refractivity contribution is -0.199. The first-order chi connectivity index (χ1) is 49.1. The Morgan fingerprint density at radius 3 is 1.61 bits per heavy atom. The van der Waals surface area contributed by atoms with Crippen molar-refractivity contribution < 1.29 is 76.9 Å². The Labute approximate surface area is 587 Å². The van der Waals surface area contributed by atoms with Crippen molar-refractivity contribution in [1.29, 1.82) is 0 Å². The van der Waals surface area contributed by atoms with Crippen LogP contribution in [0, 0.1) is 0 Å². The molecule has 1 fully saturated rings. The Morgan fingerprint density at radius 2 is 1.04 bits per heavy atom. The Kier molecular flexibility index (Phi) is 30.9. The monoisotopic (exact) mass is 1380 g/mol. The van der Waals surface area contributed by atoms with Crippen LogP contribution >= 0.6 is 0 Å². The van der Waals surface area contributed by atoms with E-state index in [1.165, 1.54) is 12.1 Å². The summed E-state index contributed by atoms with van der Waals surface area (Å²) in [5.74, 6) is -3.38. The SMILES string of the molecule is CN(C(=O)OCc1ccccc1)[C@@H](CCCN(OCc1ccccc1)C(=O)CCNC(=O)CCNC(=O)[C@@H](NC(=O)OCc1ccccc1)[C@H](O)c1ccc(OCc2ccccc2)cc1)C(=O)N[C@@H](CCCNC(=O)OCc1ccccc1)C(=O)N[C@H]1CCCN(OCc2ccccc2)C1=O. The molecule has 8 rings (SSSR count). The number of hydrogen-bond donors (Lipinski definition) is 7. The van der Waals surface area contributed by atoms with Crippen molar-refractivity contribution in [2.24, 2.45) is 0 Å². The van der Waals surface area contributed by atoms with Gasteiger partial charge in [0.2, 0.25) is 29.5 Å². The van der Waals surface area contributed by atoms with Crippen molar-refractivity contribution in [2.75, 3.05) is 39.8 Å². The molecule has 1 aliphatic rings. The zero-order valence-electron chi connectivity index (χ0n) is 56.4. The molecule has 0 bridgehead atoms. The second-order valence-corrected chi connectivity index (χ2v) is 23.8. The van der Waals surface area contributed by atoms with Crippen molar-refractivity contribution in [2.45, 2.75) is 121 Å². The number of hydroxylamine groups is 4. The highest BCUT2D eigenvalue weighted by atomic mass is 16.7. The molecule has 7 aromatic carbocycles. The standard InChI is InChI=1S/C76H87N9O16/c1-83(76(95)99-52-58-29-14-5-15-30-58)65(71(90)80-63(35-20-44-79-74(93)97-50-56-25-10-3-11-26-56)70(89)81-64-36-21-48-85(73(64)92)101-54-60-33-18-7-19-34-60)37-22-47-84(100-53-59-31-16-6-17-32-59)67(87)43-46-77-66(86)42-45-78-72(91)68(82-75(94)98-51-57-27-12-4-13-28-57)69(88)61-38-40-62(41-39-61)96-49-55-23-8-2-9-24-55/h2-19,23-34,38-41,63-65,68-69,88H,20-22,35-37,42-54H2,1H3,(H,77,86)(H,78,91)(H,79,93)(H,80,90)(H,81,89)(H,82,94)/t63-,64-,65-,68-,69+/m0/s1. The number of carbonyl (C=O) groups is 9. The molecule has 0 aromatic heterocycles. The van der Waals surface area contributed by atoms with Crippen LogP contribution in [0.15, 0.2) is 206 Å². The molecule has 25 nitrogen and oxygen atoms in total. The van der Waals surface area contributed by atoms with E-state index in [-0.39, 0.29) is 116 Å². The van der Waals surface area contributed by atoms with E-state index in [1.54, 1.807) is 97.1 Å². The van der Waals surface area contributed by atoms with Crippen molar-refractivity contribution in [3.8, 4) is 5.75 Å². The number of benzene rings is 7. The van der Waals surface area contributed by atoms with E-state index in [0.29, 0.717) is 29.9 Å². The molecular formula is C76H87N9O16. The first kappa shape index (κ1) is 75.6. The number of hydrogen-bond acceptors (Lipinski definition) is 16. The minimum atomic E-state index is -1.57. The Morgan fingerprint density at radius 1 is 0.525 bits per heavy atom. The maximum absolute atomic E-state index is 14.9. The number of aliphatic hydroxyl groups is 1. The van der Waals surface area contributed by atoms with Crippen LogP contribution in [-0.2, 0) is 92.3 Å². The lowest BCUT2D eigenvalue weighted by Crippen LogP contribution is -2.58. The quantitative estimate of drug-likeness (QED) is 0.0108. The van der Waals surface area contributed by atoms with Gasteiger partial charge < -0.3 is 56.0 Å². The molecule has 101 heavy (non-hydrogen) atoms. The molecule has 1 saturated heterocycles. The smallest absolute Gasteiger partial charge is 0.410 e. The van der Waals surface area contributed by atoms with Crippen molar-refractivity contribution in [1.82, 2.24) is 46.9 Å². The summed E-state index contributed by atoms with van der Waals surface area (Å²) in [6, 6.07) is 55.9. The van der Waals surface area contributed by atoms with Crippen LogP contribution < -0.4 is 36.6 Å². The third kappa shape index (κ3) is 26.2. The van der Waals surface area contributed by atoms with Crippen LogP contribution in [0.4, 0.5) is 14.4 Å². The number of ether oxygens (including phenoxy) is 4. The highest BCUT2D eigenvalue weighted by Crippen LogP contribution is 2.23. The fourth-order valence-corrected chi connectivity index (χ4v) is 10.6. The molecule has 1 heterocycles. The number of piperidine rings is 1. The zero-order chi connectivity index (χ0) is 71.4. The number of nitrogens with one attached hydrogen (secondary N) is 6. The second kappa shape index (κ2) is 41.3. The minimum Gasteiger partial charge on any atom is -0.489 e. The van der Waals surface area contributed by atoms with Gasteiger partial charge in [0.15, 0.2) is 0 Å². The summed E-state index contributed by atoms with van der Waals surface area (Å²) in [5, 5.41) is 30.0. The van der Waals surface area contributed by atoms with Gasteiger partial charge in [-0.3, -0.25) is 43.3 Å². The van der Waals surface area contributed by atoms with Gasteiger partial charge in [0.25, 0.3) is 5.91 Å². The summed E-state index contributed by atoms with van der Waals surface area (Å²) in [6.45, 7) is -0.0724. The van der Waals surface area contributed by atoms with Gasteiger partial charge >= 0.3 is 18.3 Å². The number of rotatable bonds is 38. The van der Waals surface area contributed by atoms with E-state index in [4.69, 9.17) is 28.6 Å². The van der Waals surface area contributed by atoms with Crippen molar-refractivity contribution in [3.63, 3.8) is 0 Å². The highest BCUT2D eigenvalue weighted by Gasteiger charge is 2.36. The van der Waals surface area contributed by atoms with Gasteiger partial charge in [-0.05, 0) is 89.6 Å². The number of carbonyl (C=O) groups excluding carboxylic acids is 9. The average molecular weight is 1380 g/mol. The predicted octanol–water partition coefficient (Wildman–Crippen LogP) is 8.41. The van der Waals surface area contributed by atoms with E-state index in [0.717, 1.165) is 32.2 Å². The molecule has 5 atom stereocenters. The predicted molar refractivity (Wildman–Crippen MR) is 371 cm³/mol. The van der Waals surface area contributed by atoms with Gasteiger partial charge in [-0.25, -0.2) is 24.5 Å². The van der Waals surface area contributed by atoms with Crippen molar-refractivity contribution in [3.05, 3.63) is 245 Å². The van der Waals surface area contributed by atoms with Gasteiger partial charge in [0.05, 0.1) is 0 Å². The fraction of sp³-hybridized carbons (Fsp3) is 0.329. The van der Waals surface area contributed by atoms with E-state index in [1.807, 2.05) is 109 Å².